The number of nitrogens with one attached hydrogen (secondary N) is 2. The third kappa shape index (κ3) is 4.43. The minimum atomic E-state index is -0.993. The van der Waals surface area contributed by atoms with Gasteiger partial charge in [0.05, 0.1) is 12.0 Å². The van der Waals surface area contributed by atoms with Gasteiger partial charge in [0.2, 0.25) is 11.7 Å². The Morgan fingerprint density at radius 3 is 2.32 bits per heavy atom. The summed E-state index contributed by atoms with van der Waals surface area (Å²) in [5.74, 6) is -1.11. The molecule has 0 unspecified atom stereocenters. The van der Waals surface area contributed by atoms with Gasteiger partial charge in [-0.1, -0.05) is 13.8 Å². The number of benzene rings is 2. The van der Waals surface area contributed by atoms with Crippen LogP contribution in [0.4, 0.5) is 27.1 Å². The minimum Gasteiger partial charge on any atom is -0.497 e. The van der Waals surface area contributed by atoms with Gasteiger partial charge >= 0.3 is 5.69 Å². The van der Waals surface area contributed by atoms with Crippen molar-refractivity contribution in [3.05, 3.63) is 52.3 Å². The van der Waals surface area contributed by atoms with Crippen molar-refractivity contribution in [2.45, 2.75) is 13.8 Å². The lowest BCUT2D eigenvalue weighted by atomic mass is 10.2. The summed E-state index contributed by atoms with van der Waals surface area (Å²) >= 11 is 0. The van der Waals surface area contributed by atoms with Crippen LogP contribution in [0.25, 0.3) is 0 Å². The third-order valence-electron chi connectivity index (χ3n) is 3.41. The maximum atomic E-state index is 13.9. The van der Waals surface area contributed by atoms with E-state index in [2.05, 4.69) is 10.6 Å². The zero-order valence-electron chi connectivity index (χ0n) is 14.0. The number of methoxy groups -OCH3 is 1. The van der Waals surface area contributed by atoms with Crippen LogP contribution in [0, 0.1) is 21.8 Å². The molecule has 0 radical (unpaired) electrons. The highest BCUT2D eigenvalue weighted by molar-refractivity contribution is 5.92. The van der Waals surface area contributed by atoms with E-state index in [4.69, 9.17) is 4.74 Å². The molecule has 0 saturated heterocycles. The van der Waals surface area contributed by atoms with Gasteiger partial charge in [-0.05, 0) is 24.3 Å². The molecule has 0 saturated carbocycles. The van der Waals surface area contributed by atoms with Crippen LogP contribution >= 0.6 is 0 Å². The molecule has 0 spiro atoms. The maximum absolute atomic E-state index is 13.9. The Morgan fingerprint density at radius 1 is 1.20 bits per heavy atom. The van der Waals surface area contributed by atoms with E-state index in [1.165, 1.54) is 13.2 Å². The van der Waals surface area contributed by atoms with Gasteiger partial charge in [0.25, 0.3) is 0 Å². The second kappa shape index (κ2) is 7.61. The highest BCUT2D eigenvalue weighted by Gasteiger charge is 2.22. The molecule has 132 valence electrons. The van der Waals surface area contributed by atoms with Crippen LogP contribution < -0.4 is 15.4 Å². The Hall–Kier alpha value is -3.16. The van der Waals surface area contributed by atoms with Gasteiger partial charge in [0, 0.05) is 29.4 Å². The molecule has 0 aromatic heterocycles. The number of hydrogen-bond acceptors (Lipinski definition) is 5. The predicted octanol–water partition coefficient (Wildman–Crippen LogP) is 4.08. The Balaban J connectivity index is 2.26. The van der Waals surface area contributed by atoms with E-state index in [0.29, 0.717) is 11.4 Å². The minimum absolute atomic E-state index is 0.0270. The normalized spacial score (nSPS) is 10.4. The summed E-state index contributed by atoms with van der Waals surface area (Å²) in [6.45, 7) is 3.56. The molecule has 2 aromatic carbocycles. The lowest BCUT2D eigenvalue weighted by Gasteiger charge is -2.11. The Labute approximate surface area is 144 Å². The van der Waals surface area contributed by atoms with Crippen molar-refractivity contribution in [3.8, 4) is 5.75 Å². The molecule has 8 heteroatoms. The maximum Gasteiger partial charge on any atom is 0.328 e. The van der Waals surface area contributed by atoms with Crippen molar-refractivity contribution in [1.29, 1.82) is 0 Å². The Kier molecular flexibility index (Phi) is 5.53. The van der Waals surface area contributed by atoms with E-state index in [1.807, 2.05) is 0 Å². The van der Waals surface area contributed by atoms with E-state index in [-0.39, 0.29) is 23.3 Å². The summed E-state index contributed by atoms with van der Waals surface area (Å²) in [6.07, 6.45) is 0. The molecule has 0 aliphatic rings. The number of halogens is 1. The van der Waals surface area contributed by atoms with Gasteiger partial charge in [0.15, 0.2) is 0 Å². The Morgan fingerprint density at radius 2 is 1.80 bits per heavy atom. The second-order valence-corrected chi connectivity index (χ2v) is 5.61. The predicted molar refractivity (Wildman–Crippen MR) is 92.8 cm³/mol. The fourth-order valence-corrected chi connectivity index (χ4v) is 2.05. The van der Waals surface area contributed by atoms with Crippen LogP contribution in [0.3, 0.4) is 0 Å². The first-order chi connectivity index (χ1) is 11.8. The number of amides is 1. The molecule has 2 aromatic rings. The van der Waals surface area contributed by atoms with E-state index < -0.39 is 16.4 Å². The van der Waals surface area contributed by atoms with Gasteiger partial charge in [-0.2, -0.15) is 4.39 Å². The molecule has 0 aliphatic carbocycles. The number of anilines is 3. The van der Waals surface area contributed by atoms with E-state index in [0.717, 1.165) is 6.07 Å². The largest absolute Gasteiger partial charge is 0.497 e. The van der Waals surface area contributed by atoms with Crippen molar-refractivity contribution in [3.63, 3.8) is 0 Å². The first-order valence-corrected chi connectivity index (χ1v) is 7.51. The highest BCUT2D eigenvalue weighted by Crippen LogP contribution is 2.34. The molecule has 7 nitrogen and oxygen atoms in total. The molecule has 0 heterocycles. The molecular formula is C17H18FN3O4. The van der Waals surface area contributed by atoms with Crippen LogP contribution in [0.2, 0.25) is 0 Å². The van der Waals surface area contributed by atoms with Gasteiger partial charge in [-0.15, -0.1) is 0 Å². The third-order valence-corrected chi connectivity index (χ3v) is 3.41. The van der Waals surface area contributed by atoms with Crippen molar-refractivity contribution < 1.29 is 18.8 Å². The molecule has 2 rings (SSSR count). The number of ether oxygens (including phenoxy) is 1. The van der Waals surface area contributed by atoms with Gasteiger partial charge in [0.1, 0.15) is 11.4 Å². The van der Waals surface area contributed by atoms with Gasteiger partial charge in [-0.25, -0.2) is 0 Å². The van der Waals surface area contributed by atoms with Crippen LogP contribution in [0.1, 0.15) is 13.8 Å². The zero-order chi connectivity index (χ0) is 18.6. The topological polar surface area (TPSA) is 93.5 Å². The summed E-state index contributed by atoms with van der Waals surface area (Å²) in [5, 5.41) is 16.6. The molecule has 25 heavy (non-hydrogen) atoms. The summed E-state index contributed by atoms with van der Waals surface area (Å²) in [6, 6.07) is 8.83. The smallest absolute Gasteiger partial charge is 0.328 e. The van der Waals surface area contributed by atoms with Crippen LogP contribution in [-0.2, 0) is 4.79 Å². The molecule has 0 aliphatic heterocycles. The Bertz CT molecular complexity index is 791. The van der Waals surface area contributed by atoms with Gasteiger partial charge < -0.3 is 15.4 Å². The molecule has 0 atom stereocenters. The van der Waals surface area contributed by atoms with Crippen molar-refractivity contribution in [2.24, 2.45) is 5.92 Å². The van der Waals surface area contributed by atoms with Crippen molar-refractivity contribution in [1.82, 2.24) is 0 Å². The van der Waals surface area contributed by atoms with Crippen LogP contribution in [0.5, 0.6) is 5.75 Å². The number of carbonyl (C=O) groups is 1. The van der Waals surface area contributed by atoms with E-state index >= 15 is 0 Å². The van der Waals surface area contributed by atoms with E-state index in [9.17, 15) is 19.3 Å². The average Bonchev–Trinajstić information content (AvgIpc) is 2.55. The lowest BCUT2D eigenvalue weighted by molar-refractivity contribution is -0.386. The number of nitro groups is 1. The monoisotopic (exact) mass is 347 g/mol. The first kappa shape index (κ1) is 18.2. The van der Waals surface area contributed by atoms with E-state index in [1.54, 1.807) is 38.1 Å². The number of nitrogens with zero attached hydrogens (tertiary/aromatic N) is 1. The average molecular weight is 347 g/mol. The number of carbonyl (C=O) groups excluding carboxylic acids is 1. The summed E-state index contributed by atoms with van der Waals surface area (Å²) in [7, 11) is 1.34. The van der Waals surface area contributed by atoms with Gasteiger partial charge in [-0.3, -0.25) is 14.9 Å². The fraction of sp³-hybridized carbons (Fsp3) is 0.235. The highest BCUT2D eigenvalue weighted by atomic mass is 19.1. The number of hydrogen-bond donors (Lipinski definition) is 2. The quantitative estimate of drug-likeness (QED) is 0.606. The first-order valence-electron chi connectivity index (χ1n) is 7.51. The summed E-state index contributed by atoms with van der Waals surface area (Å²) in [5.41, 5.74) is 0.396. The zero-order valence-corrected chi connectivity index (χ0v) is 14.0. The molecule has 1 amide bonds. The second-order valence-electron chi connectivity index (χ2n) is 5.61. The fourth-order valence-electron chi connectivity index (χ4n) is 2.05. The standard InChI is InChI=1S/C17H18FN3O4/c1-10(2)17(22)20-12-6-4-11(5-7-12)19-15-9-13(25-3)8-14(18)16(15)21(23)24/h4-10,19H,1-3H3,(H,20,22). The van der Waals surface area contributed by atoms with Crippen molar-refractivity contribution in [2.75, 3.05) is 17.7 Å². The molecule has 2 N–H and O–H groups in total. The molecule has 0 fully saturated rings. The van der Waals surface area contributed by atoms with Crippen LogP contribution in [0.15, 0.2) is 36.4 Å². The number of rotatable bonds is 6. The molecule has 0 bridgehead atoms. The van der Waals surface area contributed by atoms with Crippen LogP contribution in [-0.4, -0.2) is 17.9 Å². The lowest BCUT2D eigenvalue weighted by Crippen LogP contribution is -2.17. The summed E-state index contributed by atoms with van der Waals surface area (Å²) < 4.78 is 18.9. The van der Waals surface area contributed by atoms with Crippen molar-refractivity contribution >= 4 is 28.7 Å². The SMILES string of the molecule is COc1cc(F)c([N+](=O)[O-])c(Nc2ccc(NC(=O)C(C)C)cc2)c1. The summed E-state index contributed by atoms with van der Waals surface area (Å²) in [4.78, 5) is 22.0. The molecular weight excluding hydrogens is 329 g/mol. The number of nitro benzene ring substituents is 1.